The maximum Gasteiger partial charge on any atom is 0.271 e. The lowest BCUT2D eigenvalue weighted by molar-refractivity contribution is 0.0947. The maximum atomic E-state index is 11.8. The molecule has 1 aromatic heterocycles. The van der Waals surface area contributed by atoms with Gasteiger partial charge in [0.2, 0.25) is 0 Å². The van der Waals surface area contributed by atoms with Gasteiger partial charge in [0, 0.05) is 11.3 Å². The molecule has 17 heavy (non-hydrogen) atoms. The summed E-state index contributed by atoms with van der Waals surface area (Å²) in [5, 5.41) is 10.4. The largest absolute Gasteiger partial charge is 0.349 e. The van der Waals surface area contributed by atoms with Crippen LogP contribution in [0.4, 0.5) is 5.82 Å². The number of anilines is 1. The first-order valence-corrected chi connectivity index (χ1v) is 6.55. The number of nitrogens with zero attached hydrogens (tertiary/aromatic N) is 2. The van der Waals surface area contributed by atoms with Crippen molar-refractivity contribution in [1.29, 1.82) is 0 Å². The molecule has 0 saturated heterocycles. The van der Waals surface area contributed by atoms with Crippen molar-refractivity contribution in [3.8, 4) is 0 Å². The van der Waals surface area contributed by atoms with Gasteiger partial charge in [-0.05, 0) is 31.2 Å². The van der Waals surface area contributed by atoms with E-state index in [2.05, 4.69) is 27.2 Å². The smallest absolute Gasteiger partial charge is 0.271 e. The Kier molecular flexibility index (Phi) is 3.49. The second-order valence-corrected chi connectivity index (χ2v) is 5.29. The molecule has 0 radical (unpaired) electrons. The molecule has 7 heteroatoms. The van der Waals surface area contributed by atoms with Gasteiger partial charge in [-0.1, -0.05) is 0 Å². The zero-order valence-corrected chi connectivity index (χ0v) is 10.4. The molecule has 4 N–H and O–H groups in total. The van der Waals surface area contributed by atoms with Crippen LogP contribution in [-0.2, 0) is 0 Å². The van der Waals surface area contributed by atoms with Crippen LogP contribution in [0.3, 0.4) is 0 Å². The van der Waals surface area contributed by atoms with Gasteiger partial charge in [-0.2, -0.15) is 11.8 Å². The number of carbonyl (C=O) groups excluding carboxylic acids is 1. The quantitative estimate of drug-likeness (QED) is 0.519. The fourth-order valence-electron chi connectivity index (χ4n) is 1.45. The molecular formula is C10H15N5OS. The van der Waals surface area contributed by atoms with Crippen molar-refractivity contribution in [3.05, 3.63) is 17.8 Å². The van der Waals surface area contributed by atoms with Gasteiger partial charge in [-0.15, -0.1) is 10.2 Å². The molecule has 1 aliphatic rings. The average Bonchev–Trinajstić information content (AvgIpc) is 3.17. The van der Waals surface area contributed by atoms with Crippen molar-refractivity contribution >= 4 is 23.5 Å². The summed E-state index contributed by atoms with van der Waals surface area (Å²) in [5.74, 6) is 5.40. The first-order valence-electron chi connectivity index (χ1n) is 5.33. The van der Waals surface area contributed by atoms with E-state index in [4.69, 9.17) is 5.84 Å². The molecule has 2 rings (SSSR count). The highest BCUT2D eigenvalue weighted by atomic mass is 32.2. The first-order chi connectivity index (χ1) is 8.19. The lowest BCUT2D eigenvalue weighted by Gasteiger charge is -2.12. The van der Waals surface area contributed by atoms with E-state index in [0.717, 1.165) is 12.8 Å². The number of thioether (sulfide) groups is 1. The van der Waals surface area contributed by atoms with E-state index in [1.165, 1.54) is 0 Å². The molecule has 1 amide bonds. The molecule has 1 fully saturated rings. The van der Waals surface area contributed by atoms with E-state index in [0.29, 0.717) is 18.1 Å². The zero-order valence-electron chi connectivity index (χ0n) is 9.56. The predicted molar refractivity (Wildman–Crippen MR) is 67.7 cm³/mol. The van der Waals surface area contributed by atoms with Gasteiger partial charge < -0.3 is 10.7 Å². The van der Waals surface area contributed by atoms with Gasteiger partial charge in [-0.25, -0.2) is 5.84 Å². The Hall–Kier alpha value is -1.34. The lowest BCUT2D eigenvalue weighted by Crippen LogP contribution is -2.32. The summed E-state index contributed by atoms with van der Waals surface area (Å²) in [4.78, 5) is 11.8. The third kappa shape index (κ3) is 2.86. The van der Waals surface area contributed by atoms with Gasteiger partial charge in [0.05, 0.1) is 0 Å². The van der Waals surface area contributed by atoms with Gasteiger partial charge in [-0.3, -0.25) is 4.79 Å². The number of hydrogen-bond donors (Lipinski definition) is 3. The molecule has 1 saturated carbocycles. The topological polar surface area (TPSA) is 92.9 Å². The number of hydrazine groups is 1. The number of hydrogen-bond acceptors (Lipinski definition) is 6. The number of nitrogen functional groups attached to an aromatic ring is 1. The van der Waals surface area contributed by atoms with E-state index < -0.39 is 0 Å². The highest BCUT2D eigenvalue weighted by molar-refractivity contribution is 8.00. The normalized spacial score (nSPS) is 16.4. The average molecular weight is 253 g/mol. The summed E-state index contributed by atoms with van der Waals surface area (Å²) in [6.07, 6.45) is 4.40. The monoisotopic (exact) mass is 253 g/mol. The summed E-state index contributed by atoms with van der Waals surface area (Å²) in [6.45, 7) is 0.686. The van der Waals surface area contributed by atoms with E-state index in [9.17, 15) is 4.79 Å². The molecule has 1 aromatic rings. The molecule has 92 valence electrons. The summed E-state index contributed by atoms with van der Waals surface area (Å²) >= 11 is 1.80. The van der Waals surface area contributed by atoms with Crippen LogP contribution in [-0.4, -0.2) is 33.7 Å². The molecule has 1 aliphatic carbocycles. The van der Waals surface area contributed by atoms with Crippen molar-refractivity contribution in [3.63, 3.8) is 0 Å². The standard InChI is InChI=1S/C10H15N5OS/c1-17-10(4-5-10)6-12-9(16)7-2-3-8(13-11)15-14-7/h2-3H,4-6,11H2,1H3,(H,12,16)(H,13,15). The molecule has 1 heterocycles. The summed E-state index contributed by atoms with van der Waals surface area (Å²) in [6, 6.07) is 3.21. The third-order valence-corrected chi connectivity index (χ3v) is 4.28. The Balaban J connectivity index is 1.90. The van der Waals surface area contributed by atoms with Crippen LogP contribution in [0.25, 0.3) is 0 Å². The van der Waals surface area contributed by atoms with Crippen molar-refractivity contribution in [2.75, 3.05) is 18.2 Å². The first kappa shape index (κ1) is 12.1. The molecule has 0 spiro atoms. The third-order valence-electron chi connectivity index (χ3n) is 2.86. The van der Waals surface area contributed by atoms with Gasteiger partial charge in [0.15, 0.2) is 11.5 Å². The van der Waals surface area contributed by atoms with Crippen LogP contribution in [0.2, 0.25) is 0 Å². The zero-order chi connectivity index (χ0) is 12.3. The number of nitrogens with two attached hydrogens (primary N) is 1. The van der Waals surface area contributed by atoms with Crippen LogP contribution in [0.1, 0.15) is 23.3 Å². The van der Waals surface area contributed by atoms with E-state index >= 15 is 0 Å². The SMILES string of the molecule is CSC1(CNC(=O)c2ccc(NN)nn2)CC1. The number of aromatic nitrogens is 2. The van der Waals surface area contributed by atoms with E-state index in [1.54, 1.807) is 23.9 Å². The lowest BCUT2D eigenvalue weighted by atomic mass is 10.3. The van der Waals surface area contributed by atoms with Crippen LogP contribution >= 0.6 is 11.8 Å². The Morgan fingerprint density at radius 3 is 2.76 bits per heavy atom. The van der Waals surface area contributed by atoms with Gasteiger partial charge in [0.25, 0.3) is 5.91 Å². The van der Waals surface area contributed by atoms with Crippen molar-refractivity contribution in [2.45, 2.75) is 17.6 Å². The van der Waals surface area contributed by atoms with Crippen molar-refractivity contribution in [2.24, 2.45) is 5.84 Å². The van der Waals surface area contributed by atoms with Crippen LogP contribution < -0.4 is 16.6 Å². The fraction of sp³-hybridized carbons (Fsp3) is 0.500. The van der Waals surface area contributed by atoms with Crippen LogP contribution in [0.5, 0.6) is 0 Å². The number of nitrogens with one attached hydrogen (secondary N) is 2. The molecule has 0 aliphatic heterocycles. The fourth-order valence-corrected chi connectivity index (χ4v) is 2.18. The molecule has 0 unspecified atom stereocenters. The second kappa shape index (κ2) is 4.89. The minimum Gasteiger partial charge on any atom is -0.349 e. The second-order valence-electron chi connectivity index (χ2n) is 4.02. The Labute approximate surface area is 104 Å². The highest BCUT2D eigenvalue weighted by Gasteiger charge is 2.42. The molecule has 0 aromatic carbocycles. The minimum absolute atomic E-state index is 0.193. The van der Waals surface area contributed by atoms with Gasteiger partial charge in [0.1, 0.15) is 0 Å². The van der Waals surface area contributed by atoms with Crippen molar-refractivity contribution in [1.82, 2.24) is 15.5 Å². The Morgan fingerprint density at radius 2 is 2.29 bits per heavy atom. The molecule has 6 nitrogen and oxygen atoms in total. The highest BCUT2D eigenvalue weighted by Crippen LogP contribution is 2.46. The van der Waals surface area contributed by atoms with Crippen LogP contribution in [0, 0.1) is 0 Å². The molecular weight excluding hydrogens is 238 g/mol. The Morgan fingerprint density at radius 1 is 1.53 bits per heavy atom. The maximum absolute atomic E-state index is 11.8. The van der Waals surface area contributed by atoms with Gasteiger partial charge >= 0.3 is 0 Å². The molecule has 0 bridgehead atoms. The summed E-state index contributed by atoms with van der Waals surface area (Å²) in [7, 11) is 0. The van der Waals surface area contributed by atoms with E-state index in [1.807, 2.05) is 0 Å². The minimum atomic E-state index is -0.193. The summed E-state index contributed by atoms with van der Waals surface area (Å²) < 4.78 is 0.252. The predicted octanol–water partition coefficient (Wildman–Crippen LogP) is 0.388. The number of carbonyl (C=O) groups is 1. The summed E-state index contributed by atoms with van der Waals surface area (Å²) in [5.41, 5.74) is 2.67. The van der Waals surface area contributed by atoms with E-state index in [-0.39, 0.29) is 10.7 Å². The molecule has 0 atom stereocenters. The Bertz CT molecular complexity index is 404. The van der Waals surface area contributed by atoms with Crippen molar-refractivity contribution < 1.29 is 4.79 Å². The van der Waals surface area contributed by atoms with Crippen LogP contribution in [0.15, 0.2) is 12.1 Å². The number of rotatable bonds is 5. The number of amides is 1.